The summed E-state index contributed by atoms with van der Waals surface area (Å²) in [5.41, 5.74) is -0.764. The van der Waals surface area contributed by atoms with Gasteiger partial charge in [-0.3, -0.25) is 4.79 Å². The zero-order valence-electron chi connectivity index (χ0n) is 13.0. The number of fused-ring (bicyclic) bond motifs is 1. The van der Waals surface area contributed by atoms with E-state index < -0.39 is 23.5 Å². The number of amides is 1. The molecule has 0 aliphatic rings. The van der Waals surface area contributed by atoms with Crippen LogP contribution in [-0.4, -0.2) is 10.5 Å². The van der Waals surface area contributed by atoms with Crippen molar-refractivity contribution in [3.63, 3.8) is 0 Å². The van der Waals surface area contributed by atoms with Crippen LogP contribution in [0.2, 0.25) is 0 Å². The quantitative estimate of drug-likeness (QED) is 0.608. The van der Waals surface area contributed by atoms with Crippen LogP contribution in [0.5, 0.6) is 0 Å². The molecule has 0 saturated heterocycles. The molecule has 0 aliphatic carbocycles. The van der Waals surface area contributed by atoms with Crippen molar-refractivity contribution in [3.05, 3.63) is 64.2 Å². The molecule has 0 N–H and O–H groups in total. The number of benzene rings is 2. The van der Waals surface area contributed by atoms with E-state index in [0.717, 1.165) is 29.5 Å². The molecule has 25 heavy (non-hydrogen) atoms. The minimum absolute atomic E-state index is 0.171. The number of carbonyl (C=O) groups is 1. The fourth-order valence-electron chi connectivity index (χ4n) is 2.45. The van der Waals surface area contributed by atoms with Crippen molar-refractivity contribution >= 4 is 27.5 Å². The number of thiazole rings is 1. The van der Waals surface area contributed by atoms with Crippen molar-refractivity contribution < 1.29 is 22.4 Å². The first-order chi connectivity index (χ1) is 11.8. The van der Waals surface area contributed by atoms with E-state index in [1.54, 1.807) is 19.1 Å². The van der Waals surface area contributed by atoms with E-state index in [9.17, 15) is 22.4 Å². The van der Waals surface area contributed by atoms with Crippen molar-refractivity contribution in [2.45, 2.75) is 19.6 Å². The highest BCUT2D eigenvalue weighted by molar-refractivity contribution is 7.16. The third-order valence-electron chi connectivity index (χ3n) is 3.60. The molecule has 1 aromatic heterocycles. The van der Waals surface area contributed by atoms with Gasteiger partial charge in [-0.15, -0.1) is 0 Å². The summed E-state index contributed by atoms with van der Waals surface area (Å²) in [5.74, 6) is -1.25. The van der Waals surface area contributed by atoms with Gasteiger partial charge >= 0.3 is 6.18 Å². The maximum absolute atomic E-state index is 14.0. The summed E-state index contributed by atoms with van der Waals surface area (Å²) in [5, 5.41) is 0. The Morgan fingerprint density at radius 3 is 2.60 bits per heavy atom. The molecule has 0 fully saturated rings. The molecule has 1 heterocycles. The topological polar surface area (TPSA) is 34.4 Å². The average Bonchev–Trinajstić information content (AvgIpc) is 2.92. The third-order valence-corrected chi connectivity index (χ3v) is 4.65. The minimum Gasteiger partial charge on any atom is -0.314 e. The number of hydrogen-bond acceptors (Lipinski definition) is 2. The number of carbonyl (C=O) groups excluding carboxylic acids is 1. The standard InChI is InChI=1S/C17H12F4N2OS/c1-2-23-14-12(18)7-4-8-13(14)25-16(23)22-15(24)10-5-3-6-11(9-10)17(19,20)21/h3-9H,2H2,1H3. The second kappa shape index (κ2) is 6.44. The van der Waals surface area contributed by atoms with Crippen LogP contribution in [0.3, 0.4) is 0 Å². The second-order valence-electron chi connectivity index (χ2n) is 5.21. The third kappa shape index (κ3) is 3.34. The normalized spacial score (nSPS) is 12.8. The lowest BCUT2D eigenvalue weighted by Crippen LogP contribution is -2.16. The van der Waals surface area contributed by atoms with E-state index in [1.807, 2.05) is 0 Å². The second-order valence-corrected chi connectivity index (χ2v) is 6.22. The van der Waals surface area contributed by atoms with Gasteiger partial charge in [0.15, 0.2) is 4.80 Å². The van der Waals surface area contributed by atoms with Gasteiger partial charge in [-0.1, -0.05) is 23.5 Å². The average molecular weight is 368 g/mol. The molecule has 0 atom stereocenters. The molecule has 130 valence electrons. The van der Waals surface area contributed by atoms with E-state index in [0.29, 0.717) is 16.8 Å². The van der Waals surface area contributed by atoms with Gasteiger partial charge in [0.25, 0.3) is 5.91 Å². The highest BCUT2D eigenvalue weighted by Gasteiger charge is 2.30. The molecule has 0 bridgehead atoms. The summed E-state index contributed by atoms with van der Waals surface area (Å²) in [7, 11) is 0. The molecule has 8 heteroatoms. The van der Waals surface area contributed by atoms with Crippen LogP contribution in [0.15, 0.2) is 47.5 Å². The van der Waals surface area contributed by atoms with Crippen molar-refractivity contribution in [1.29, 1.82) is 0 Å². The highest BCUT2D eigenvalue weighted by atomic mass is 32.1. The molecule has 3 nitrogen and oxygen atoms in total. The van der Waals surface area contributed by atoms with Crippen LogP contribution in [-0.2, 0) is 12.7 Å². The lowest BCUT2D eigenvalue weighted by atomic mass is 10.1. The fraction of sp³-hybridized carbons (Fsp3) is 0.176. The molecule has 3 rings (SSSR count). The van der Waals surface area contributed by atoms with Gasteiger partial charge in [0.1, 0.15) is 5.82 Å². The van der Waals surface area contributed by atoms with Crippen molar-refractivity contribution in [2.24, 2.45) is 4.99 Å². The Morgan fingerprint density at radius 1 is 1.20 bits per heavy atom. The van der Waals surface area contributed by atoms with Gasteiger partial charge in [0.05, 0.1) is 15.8 Å². The molecule has 0 unspecified atom stereocenters. The van der Waals surface area contributed by atoms with Crippen molar-refractivity contribution in [1.82, 2.24) is 4.57 Å². The fourth-order valence-corrected chi connectivity index (χ4v) is 3.55. The maximum Gasteiger partial charge on any atom is 0.416 e. The first kappa shape index (κ1) is 17.3. The van der Waals surface area contributed by atoms with E-state index in [2.05, 4.69) is 4.99 Å². The summed E-state index contributed by atoms with van der Waals surface area (Å²) >= 11 is 1.11. The smallest absolute Gasteiger partial charge is 0.314 e. The Hall–Kier alpha value is -2.48. The van der Waals surface area contributed by atoms with E-state index in [4.69, 9.17) is 0 Å². The van der Waals surface area contributed by atoms with Gasteiger partial charge in [-0.25, -0.2) is 4.39 Å². The first-order valence-electron chi connectivity index (χ1n) is 7.35. The molecule has 2 aromatic carbocycles. The summed E-state index contributed by atoms with van der Waals surface area (Å²) < 4.78 is 54.5. The molecule has 3 aromatic rings. The number of nitrogens with zero attached hydrogens (tertiary/aromatic N) is 2. The molecule has 0 saturated carbocycles. The number of aryl methyl sites for hydroxylation is 1. The summed E-state index contributed by atoms with van der Waals surface area (Å²) in [6.45, 7) is 2.14. The Labute approximate surface area is 143 Å². The van der Waals surface area contributed by atoms with E-state index in [-0.39, 0.29) is 10.4 Å². The van der Waals surface area contributed by atoms with Crippen LogP contribution >= 0.6 is 11.3 Å². The van der Waals surface area contributed by atoms with Crippen LogP contribution in [0.4, 0.5) is 17.6 Å². The van der Waals surface area contributed by atoms with Gasteiger partial charge in [-0.2, -0.15) is 18.2 Å². The molecule has 1 amide bonds. The predicted molar refractivity (Wildman–Crippen MR) is 86.8 cm³/mol. The van der Waals surface area contributed by atoms with Gasteiger partial charge in [0.2, 0.25) is 0 Å². The van der Waals surface area contributed by atoms with Gasteiger partial charge in [-0.05, 0) is 37.3 Å². The van der Waals surface area contributed by atoms with Crippen LogP contribution < -0.4 is 4.80 Å². The Bertz CT molecular complexity index is 1020. The highest BCUT2D eigenvalue weighted by Crippen LogP contribution is 2.29. The van der Waals surface area contributed by atoms with Crippen LogP contribution in [0.25, 0.3) is 10.2 Å². The number of halogens is 4. The summed E-state index contributed by atoms with van der Waals surface area (Å²) in [6.07, 6.45) is -4.54. The monoisotopic (exact) mass is 368 g/mol. The van der Waals surface area contributed by atoms with Crippen LogP contribution in [0, 0.1) is 5.82 Å². The number of aromatic nitrogens is 1. The first-order valence-corrected chi connectivity index (χ1v) is 8.17. The van der Waals surface area contributed by atoms with E-state index >= 15 is 0 Å². The Kier molecular flexibility index (Phi) is 4.47. The van der Waals surface area contributed by atoms with Crippen molar-refractivity contribution in [2.75, 3.05) is 0 Å². The largest absolute Gasteiger partial charge is 0.416 e. The predicted octanol–water partition coefficient (Wildman–Crippen LogP) is 4.62. The number of para-hydroxylation sites is 1. The number of alkyl halides is 3. The SMILES string of the molecule is CCn1c(=NC(=O)c2cccc(C(F)(F)F)c2)sc2cccc(F)c21. The number of rotatable bonds is 2. The molecule has 0 spiro atoms. The molecular weight excluding hydrogens is 356 g/mol. The Balaban J connectivity index is 2.11. The van der Waals surface area contributed by atoms with Gasteiger partial charge < -0.3 is 4.57 Å². The lowest BCUT2D eigenvalue weighted by Gasteiger charge is -2.06. The molecular formula is C17H12F4N2OS. The lowest BCUT2D eigenvalue weighted by molar-refractivity contribution is -0.137. The zero-order chi connectivity index (χ0) is 18.2. The minimum atomic E-state index is -4.54. The maximum atomic E-state index is 14.0. The summed E-state index contributed by atoms with van der Waals surface area (Å²) in [4.78, 5) is 16.4. The van der Waals surface area contributed by atoms with Gasteiger partial charge in [0, 0.05) is 12.1 Å². The molecule has 0 radical (unpaired) electrons. The number of hydrogen-bond donors (Lipinski definition) is 0. The summed E-state index contributed by atoms with van der Waals surface area (Å²) in [6, 6.07) is 8.62. The van der Waals surface area contributed by atoms with Crippen LogP contribution in [0.1, 0.15) is 22.8 Å². The molecule has 0 aliphatic heterocycles. The Morgan fingerprint density at radius 2 is 1.92 bits per heavy atom. The van der Waals surface area contributed by atoms with Crippen molar-refractivity contribution in [3.8, 4) is 0 Å². The van der Waals surface area contributed by atoms with E-state index in [1.165, 1.54) is 16.7 Å². The zero-order valence-corrected chi connectivity index (χ0v) is 13.8.